The summed E-state index contributed by atoms with van der Waals surface area (Å²) in [5, 5.41) is 3.49. The zero-order chi connectivity index (χ0) is 14.1. The first kappa shape index (κ1) is 14.4. The lowest BCUT2D eigenvalue weighted by Crippen LogP contribution is -2.31. The molecule has 0 heterocycles. The van der Waals surface area contributed by atoms with Gasteiger partial charge in [0.25, 0.3) is 5.91 Å². The summed E-state index contributed by atoms with van der Waals surface area (Å²) in [6, 6.07) is 4.47. The van der Waals surface area contributed by atoms with Crippen molar-refractivity contribution in [2.75, 3.05) is 11.9 Å². The topological polar surface area (TPSA) is 29.1 Å². The maximum Gasteiger partial charge on any atom is 0.416 e. The molecule has 2 rings (SSSR count). The summed E-state index contributed by atoms with van der Waals surface area (Å²) in [6.07, 6.45) is -2.37. The highest BCUT2D eigenvalue weighted by Gasteiger charge is 2.41. The lowest BCUT2D eigenvalue weighted by atomic mass is 10.1. The lowest BCUT2D eigenvalue weighted by Gasteiger charge is -2.13. The number of benzene rings is 1. The van der Waals surface area contributed by atoms with Crippen LogP contribution in [0.15, 0.2) is 24.3 Å². The third kappa shape index (κ3) is 3.49. The summed E-state index contributed by atoms with van der Waals surface area (Å²) in [5.41, 5.74) is -0.668. The van der Waals surface area contributed by atoms with Gasteiger partial charge in [0.05, 0.1) is 5.56 Å². The molecule has 1 aromatic carbocycles. The van der Waals surface area contributed by atoms with Gasteiger partial charge in [0.15, 0.2) is 0 Å². The van der Waals surface area contributed by atoms with Crippen LogP contribution < -0.4 is 5.32 Å². The van der Waals surface area contributed by atoms with Gasteiger partial charge in [-0.1, -0.05) is 22.0 Å². The van der Waals surface area contributed by atoms with E-state index in [0.717, 1.165) is 30.3 Å². The fraction of sp³-hybridized carbons (Fsp3) is 0.462. The van der Waals surface area contributed by atoms with Crippen LogP contribution in [-0.4, -0.2) is 17.8 Å². The monoisotopic (exact) mass is 335 g/mol. The molecular weight excluding hydrogens is 323 g/mol. The molecule has 0 radical (unpaired) electrons. The molecular formula is C13H13BrF3NO. The molecule has 1 aromatic rings. The van der Waals surface area contributed by atoms with E-state index in [1.807, 2.05) is 0 Å². The summed E-state index contributed by atoms with van der Waals surface area (Å²) < 4.78 is 37.6. The number of halogens is 4. The molecule has 1 amide bonds. The summed E-state index contributed by atoms with van der Waals surface area (Å²) in [5.74, 6) is -0.460. The van der Waals surface area contributed by atoms with Crippen LogP contribution >= 0.6 is 15.9 Å². The number of nitrogens with one attached hydrogen (secondary N) is 1. The van der Waals surface area contributed by atoms with E-state index in [4.69, 9.17) is 0 Å². The van der Waals surface area contributed by atoms with Crippen molar-refractivity contribution >= 4 is 21.8 Å². The average Bonchev–Trinajstić information content (AvgIpc) is 3.16. The van der Waals surface area contributed by atoms with E-state index in [2.05, 4.69) is 21.2 Å². The Hall–Kier alpha value is -1.04. The number of carbonyl (C=O) groups excluding carboxylic acids is 1. The Morgan fingerprint density at radius 3 is 2.58 bits per heavy atom. The second-order valence-electron chi connectivity index (χ2n) is 4.89. The fourth-order valence-corrected chi connectivity index (χ4v) is 2.50. The van der Waals surface area contributed by atoms with E-state index in [1.54, 1.807) is 0 Å². The number of amides is 1. The highest BCUT2D eigenvalue weighted by molar-refractivity contribution is 9.09. The quantitative estimate of drug-likeness (QED) is 0.837. The molecule has 1 aliphatic rings. The van der Waals surface area contributed by atoms with Crippen LogP contribution in [-0.2, 0) is 6.18 Å². The van der Waals surface area contributed by atoms with Gasteiger partial charge in [0, 0.05) is 17.4 Å². The van der Waals surface area contributed by atoms with Crippen molar-refractivity contribution in [3.05, 3.63) is 35.4 Å². The van der Waals surface area contributed by atoms with Gasteiger partial charge >= 0.3 is 6.18 Å². The maximum atomic E-state index is 12.5. The Labute approximate surface area is 117 Å². The number of hydrogen-bond donors (Lipinski definition) is 1. The number of alkyl halides is 4. The van der Waals surface area contributed by atoms with Crippen LogP contribution in [0, 0.1) is 5.41 Å². The predicted octanol–water partition coefficient (Wildman–Crippen LogP) is 3.61. The van der Waals surface area contributed by atoms with E-state index < -0.39 is 17.6 Å². The smallest absolute Gasteiger partial charge is 0.351 e. The van der Waals surface area contributed by atoms with Crippen molar-refractivity contribution in [1.29, 1.82) is 0 Å². The maximum absolute atomic E-state index is 12.5. The summed E-state index contributed by atoms with van der Waals surface area (Å²) in [6.45, 7) is 0.493. The van der Waals surface area contributed by atoms with Gasteiger partial charge in [0.2, 0.25) is 0 Å². The average molecular weight is 336 g/mol. The van der Waals surface area contributed by atoms with Crippen LogP contribution in [0.25, 0.3) is 0 Å². The molecule has 0 bridgehead atoms. The van der Waals surface area contributed by atoms with Crippen molar-refractivity contribution in [3.8, 4) is 0 Å². The van der Waals surface area contributed by atoms with E-state index in [-0.39, 0.29) is 11.0 Å². The van der Waals surface area contributed by atoms with Crippen LogP contribution in [0.2, 0.25) is 0 Å². The summed E-state index contributed by atoms with van der Waals surface area (Å²) in [4.78, 5) is 11.8. The molecule has 2 nitrogen and oxygen atoms in total. The lowest BCUT2D eigenvalue weighted by molar-refractivity contribution is -0.137. The highest BCUT2D eigenvalue weighted by atomic mass is 79.9. The fourth-order valence-electron chi connectivity index (χ4n) is 1.74. The molecule has 0 aliphatic heterocycles. The Balaban J connectivity index is 2.03. The van der Waals surface area contributed by atoms with Gasteiger partial charge in [0.1, 0.15) is 0 Å². The van der Waals surface area contributed by atoms with E-state index in [1.165, 1.54) is 12.1 Å². The standard InChI is InChI=1S/C13H13BrF3NO/c14-7-12(4-5-12)8-18-11(19)9-2-1-3-10(6-9)13(15,16)17/h1-3,6H,4-5,7-8H2,(H,18,19). The minimum atomic E-state index is -4.43. The van der Waals surface area contributed by atoms with Gasteiger partial charge in [-0.3, -0.25) is 4.79 Å². The number of hydrogen-bond acceptors (Lipinski definition) is 1. The zero-order valence-corrected chi connectivity index (χ0v) is 11.6. The molecule has 0 spiro atoms. The van der Waals surface area contributed by atoms with Crippen LogP contribution in [0.5, 0.6) is 0 Å². The largest absolute Gasteiger partial charge is 0.416 e. The van der Waals surface area contributed by atoms with Gasteiger partial charge in [-0.25, -0.2) is 0 Å². The molecule has 1 fully saturated rings. The van der Waals surface area contributed by atoms with Crippen molar-refractivity contribution in [3.63, 3.8) is 0 Å². The van der Waals surface area contributed by atoms with Crippen molar-refractivity contribution in [2.24, 2.45) is 5.41 Å². The summed E-state index contributed by atoms with van der Waals surface area (Å²) in [7, 11) is 0. The minimum Gasteiger partial charge on any atom is -0.351 e. The molecule has 6 heteroatoms. The zero-order valence-electron chi connectivity index (χ0n) is 10.1. The first-order chi connectivity index (χ1) is 8.86. The Kier molecular flexibility index (Phi) is 3.90. The molecule has 1 N–H and O–H groups in total. The molecule has 1 saturated carbocycles. The molecule has 0 unspecified atom stereocenters. The van der Waals surface area contributed by atoms with E-state index in [0.29, 0.717) is 6.54 Å². The van der Waals surface area contributed by atoms with E-state index in [9.17, 15) is 18.0 Å². The van der Waals surface area contributed by atoms with Crippen LogP contribution in [0.3, 0.4) is 0 Å². The van der Waals surface area contributed by atoms with Crippen molar-refractivity contribution < 1.29 is 18.0 Å². The van der Waals surface area contributed by atoms with Crippen LogP contribution in [0.1, 0.15) is 28.8 Å². The van der Waals surface area contributed by atoms with Gasteiger partial charge in [-0.15, -0.1) is 0 Å². The molecule has 19 heavy (non-hydrogen) atoms. The van der Waals surface area contributed by atoms with Crippen molar-refractivity contribution in [1.82, 2.24) is 5.32 Å². The first-order valence-electron chi connectivity index (χ1n) is 5.88. The van der Waals surface area contributed by atoms with Crippen LogP contribution in [0.4, 0.5) is 13.2 Å². The van der Waals surface area contributed by atoms with Gasteiger partial charge in [-0.05, 0) is 36.5 Å². The third-order valence-electron chi connectivity index (χ3n) is 3.32. The normalized spacial score (nSPS) is 17.1. The van der Waals surface area contributed by atoms with Crippen molar-refractivity contribution in [2.45, 2.75) is 19.0 Å². The van der Waals surface area contributed by atoms with Gasteiger partial charge in [-0.2, -0.15) is 13.2 Å². The number of carbonyl (C=O) groups is 1. The Bertz CT molecular complexity index is 483. The second-order valence-corrected chi connectivity index (χ2v) is 5.46. The molecule has 0 atom stereocenters. The third-order valence-corrected chi connectivity index (χ3v) is 4.51. The molecule has 1 aliphatic carbocycles. The molecule has 104 valence electrons. The second kappa shape index (κ2) is 5.15. The predicted molar refractivity (Wildman–Crippen MR) is 69.2 cm³/mol. The molecule has 0 aromatic heterocycles. The first-order valence-corrected chi connectivity index (χ1v) is 7.00. The van der Waals surface area contributed by atoms with Gasteiger partial charge < -0.3 is 5.32 Å². The SMILES string of the molecule is O=C(NCC1(CBr)CC1)c1cccc(C(F)(F)F)c1. The Morgan fingerprint density at radius 1 is 1.37 bits per heavy atom. The number of rotatable bonds is 4. The molecule has 0 saturated heterocycles. The minimum absolute atomic E-state index is 0.0418. The Morgan fingerprint density at radius 2 is 2.05 bits per heavy atom. The highest BCUT2D eigenvalue weighted by Crippen LogP contribution is 2.46. The van der Waals surface area contributed by atoms with E-state index >= 15 is 0 Å². The summed E-state index contributed by atoms with van der Waals surface area (Å²) >= 11 is 3.38.